The first-order chi connectivity index (χ1) is 40.3. The largest absolute Gasteiger partial charge is 0.394 e. The fraction of sp³-hybridized carbons (Fsp3) is 0.349. The van der Waals surface area contributed by atoms with Gasteiger partial charge in [-0.05, 0) is 130 Å². The second-order valence-electron chi connectivity index (χ2n) is 21.6. The van der Waals surface area contributed by atoms with Crippen molar-refractivity contribution in [2.24, 2.45) is 0 Å². The van der Waals surface area contributed by atoms with E-state index >= 15 is 0 Å². The van der Waals surface area contributed by atoms with Crippen molar-refractivity contribution in [2.45, 2.75) is 193 Å². The first-order valence-electron chi connectivity index (χ1n) is 31.3. The van der Waals surface area contributed by atoms with Gasteiger partial charge in [0, 0.05) is 98.1 Å². The second kappa shape index (κ2) is 50.1. The number of hydrogen-bond acceptors (Lipinski definition) is 0. The molecule has 0 aromatic heterocycles. The quantitative estimate of drug-likeness (QED) is 0.0630. The Labute approximate surface area is 602 Å². The summed E-state index contributed by atoms with van der Waals surface area (Å²) in [7, 11) is 0. The van der Waals surface area contributed by atoms with Crippen molar-refractivity contribution in [1.82, 2.24) is 0 Å². The summed E-state index contributed by atoms with van der Waals surface area (Å²) in [6.45, 7) is 35.5. The van der Waals surface area contributed by atoms with E-state index in [-0.39, 0.29) is 98.1 Å². The molecule has 8 aromatic carbocycles. The van der Waals surface area contributed by atoms with Crippen molar-refractivity contribution in [3.63, 3.8) is 0 Å². The maximum absolute atomic E-state index is 5.19. The molecule has 0 bridgehead atoms. The van der Waals surface area contributed by atoms with Gasteiger partial charge < -0.3 is 58.7 Å². The molecule has 0 saturated carbocycles. The first-order valence-corrected chi connectivity index (χ1v) is 31.3. The summed E-state index contributed by atoms with van der Waals surface area (Å²) in [5.41, 5.74) is 17.7. The predicted molar refractivity (Wildman–Crippen MR) is 370 cm³/mol. The zero-order valence-electron chi connectivity index (χ0n) is 55.7. The van der Waals surface area contributed by atoms with E-state index in [0.717, 1.165) is 49.7 Å². The van der Waals surface area contributed by atoms with E-state index in [2.05, 4.69) is 266 Å². The van der Waals surface area contributed by atoms with E-state index in [1.54, 1.807) is 6.08 Å². The average molecular weight is 1370 g/mol. The smallest absolute Gasteiger partial charge is 0 e. The van der Waals surface area contributed by atoms with Crippen LogP contribution in [0.4, 0.5) is 0 Å². The van der Waals surface area contributed by atoms with Crippen molar-refractivity contribution in [1.29, 1.82) is 0 Å². The van der Waals surface area contributed by atoms with Crippen LogP contribution in [0.3, 0.4) is 0 Å². The Hall–Kier alpha value is -3.71. The maximum atomic E-state index is 5.19. The molecular weight excluding hydrogens is 1260 g/mol. The number of rotatable bonds is 17. The molecule has 0 saturated heterocycles. The summed E-state index contributed by atoms with van der Waals surface area (Å²) in [6, 6.07) is 59.2. The minimum Gasteiger partial charge on any atom is -0.394 e. The molecule has 1 aliphatic rings. The molecule has 0 unspecified atom stereocenters. The fourth-order valence-electron chi connectivity index (χ4n) is 9.63. The van der Waals surface area contributed by atoms with Crippen LogP contribution in [0.25, 0.3) is 37.9 Å². The van der Waals surface area contributed by atoms with Gasteiger partial charge in [0.2, 0.25) is 0 Å². The molecule has 449 valence electrons. The molecule has 0 nitrogen and oxygen atoms in total. The third-order valence-electron chi connectivity index (χ3n) is 14.6. The standard InChI is InChI=1S/3C14H16.C12H14.C11H14.C10H14.C8H12.3Y/c1-3-6-12-10-14-8-5-4-7-13(14)9-11(12)2;1-3-6-12-9-10-13-7-4-5-8-14(13)11(12)2;1-3-6-13-11(2)9-10-12-7-4-5-8-14(12)13;1-3-4-8-11(2)12-9-6-5-7-10-12;1-3-4-7-10(2)11-8-5-6-9-11;1-3-6-10-8-5-4-7-9(10)2;1-4-6-7-8(3)5-2;;;/h3*4-5,7-10H,3,6H2,1-2H3;5-7,9H,3-4H2,1-2H3;5-6H,3-4,8H2,1-2H3;4-5,7-8H,3,6H2,1-2H3;2,5H,4,6H2,1,3H3;;;/q;;;2*-2;;-2;;;. The van der Waals surface area contributed by atoms with Gasteiger partial charge in [-0.1, -0.05) is 227 Å². The summed E-state index contributed by atoms with van der Waals surface area (Å²) in [4.78, 5) is 0. The Morgan fingerprint density at radius 2 is 0.953 bits per heavy atom. The number of hydrogen-bond donors (Lipinski definition) is 0. The Kier molecular flexibility index (Phi) is 47.9. The van der Waals surface area contributed by atoms with Crippen LogP contribution < -0.4 is 0 Å². The van der Waals surface area contributed by atoms with E-state index in [1.807, 2.05) is 31.2 Å². The van der Waals surface area contributed by atoms with Gasteiger partial charge in [0.1, 0.15) is 0 Å². The maximum Gasteiger partial charge on any atom is 0 e. The van der Waals surface area contributed by atoms with Crippen LogP contribution in [0.5, 0.6) is 0 Å². The van der Waals surface area contributed by atoms with E-state index < -0.39 is 0 Å². The number of unbranched alkanes of at least 4 members (excludes halogenated alkanes) is 3. The van der Waals surface area contributed by atoms with Gasteiger partial charge in [-0.2, -0.15) is 24.3 Å². The second-order valence-corrected chi connectivity index (χ2v) is 21.6. The van der Waals surface area contributed by atoms with Crippen LogP contribution in [0.2, 0.25) is 0 Å². The molecule has 8 aromatic rings. The van der Waals surface area contributed by atoms with Crippen LogP contribution in [-0.4, -0.2) is 0 Å². The Morgan fingerprint density at radius 3 is 1.51 bits per heavy atom. The minimum atomic E-state index is 0. The Bertz CT molecular complexity index is 3260. The van der Waals surface area contributed by atoms with Crippen molar-refractivity contribution in [3.8, 4) is 0 Å². The molecular formula is C83H102Y3-6. The van der Waals surface area contributed by atoms with E-state index in [0.29, 0.717) is 0 Å². The molecule has 3 heteroatoms. The summed E-state index contributed by atoms with van der Waals surface area (Å²) < 4.78 is 0. The molecule has 0 amide bonds. The van der Waals surface area contributed by atoms with E-state index in [9.17, 15) is 0 Å². The topological polar surface area (TPSA) is 0 Å². The van der Waals surface area contributed by atoms with Crippen LogP contribution in [-0.2, 0) is 124 Å². The molecule has 0 fully saturated rings. The molecule has 0 aliphatic heterocycles. The van der Waals surface area contributed by atoms with Gasteiger partial charge in [0.25, 0.3) is 0 Å². The van der Waals surface area contributed by atoms with Crippen LogP contribution in [0.15, 0.2) is 193 Å². The molecule has 3 radical (unpaired) electrons. The Morgan fingerprint density at radius 1 is 0.453 bits per heavy atom. The summed E-state index contributed by atoms with van der Waals surface area (Å²) in [5.74, 6) is 0. The fourth-order valence-corrected chi connectivity index (χ4v) is 9.63. The summed E-state index contributed by atoms with van der Waals surface area (Å²) in [6.07, 6.45) is 36.0. The van der Waals surface area contributed by atoms with E-state index in [4.69, 9.17) is 6.58 Å². The monoisotopic (exact) mass is 1370 g/mol. The zero-order valence-corrected chi connectivity index (χ0v) is 64.2. The van der Waals surface area contributed by atoms with Crippen molar-refractivity contribution < 1.29 is 98.1 Å². The van der Waals surface area contributed by atoms with Gasteiger partial charge in [-0.15, -0.1) is 52.5 Å². The van der Waals surface area contributed by atoms with Crippen LogP contribution in [0, 0.1) is 64.6 Å². The zero-order chi connectivity index (χ0) is 60.6. The van der Waals surface area contributed by atoms with Gasteiger partial charge in [0.05, 0.1) is 0 Å². The molecule has 1 aliphatic carbocycles. The van der Waals surface area contributed by atoms with Gasteiger partial charge in [-0.3, -0.25) is 6.08 Å². The third kappa shape index (κ3) is 31.2. The third-order valence-corrected chi connectivity index (χ3v) is 14.6. The van der Waals surface area contributed by atoms with Crippen molar-refractivity contribution >= 4 is 37.9 Å². The molecule has 0 heterocycles. The Balaban J connectivity index is 0.000000982. The first kappa shape index (κ1) is 82.3. The predicted octanol–water partition coefficient (Wildman–Crippen LogP) is 24.5. The number of fused-ring (bicyclic) bond motifs is 3. The number of benzene rings is 8. The summed E-state index contributed by atoms with van der Waals surface area (Å²) >= 11 is 0. The van der Waals surface area contributed by atoms with Crippen LogP contribution >= 0.6 is 0 Å². The van der Waals surface area contributed by atoms with Crippen molar-refractivity contribution in [3.05, 3.63) is 280 Å². The van der Waals surface area contributed by atoms with Crippen LogP contribution in [0.1, 0.15) is 190 Å². The molecule has 86 heavy (non-hydrogen) atoms. The summed E-state index contributed by atoms with van der Waals surface area (Å²) in [5, 5.41) is 8.26. The number of allylic oxidation sites excluding steroid dienone is 11. The average Bonchev–Trinajstić information content (AvgIpc) is 3.06. The number of aryl methyl sites for hydroxylation is 8. The molecule has 0 N–H and O–H groups in total. The van der Waals surface area contributed by atoms with Gasteiger partial charge in [0.15, 0.2) is 0 Å². The van der Waals surface area contributed by atoms with Gasteiger partial charge >= 0.3 is 0 Å². The SMILES string of the molecule is CCC[C-]=C(C)C1=[C-]C=CC1.CCC[C-]=C(C)c1[c-]cccc1.CCCc1c(C)ccc2ccccc12.CCCc1cc2ccccc2cc1C.CCCc1ccc2ccccc2c1C.CCCc1ccccc1C.[CH-]=CC(C)=[C-]CCC.[Y].[Y].[Y]. The van der Waals surface area contributed by atoms with E-state index in [1.165, 1.54) is 151 Å². The minimum absolute atomic E-state index is 0. The van der Waals surface area contributed by atoms with Gasteiger partial charge in [-0.25, -0.2) is 12.1 Å². The molecule has 0 spiro atoms. The normalized spacial score (nSPS) is 11.3. The van der Waals surface area contributed by atoms with Crippen molar-refractivity contribution in [2.75, 3.05) is 0 Å². The molecule has 0 atom stereocenters. The molecule has 9 rings (SSSR count).